The van der Waals surface area contributed by atoms with Gasteiger partial charge >= 0.3 is 0 Å². The highest BCUT2D eigenvalue weighted by molar-refractivity contribution is 7.99. The molecule has 0 spiro atoms. The normalized spacial score (nSPS) is 18.5. The molecule has 2 unspecified atom stereocenters. The number of hydrogen-bond donors (Lipinski definition) is 2. The largest absolute Gasteiger partial charge is 0.495 e. The van der Waals surface area contributed by atoms with E-state index in [0.29, 0.717) is 5.75 Å². The summed E-state index contributed by atoms with van der Waals surface area (Å²) in [6, 6.07) is 11.5. The molecule has 1 aromatic carbocycles. The maximum Gasteiger partial charge on any atom is 0.142 e. The molecule has 2 aromatic rings. The first-order chi connectivity index (χ1) is 10.3. The average Bonchev–Trinajstić information content (AvgIpc) is 2.56. The van der Waals surface area contributed by atoms with E-state index in [1.54, 1.807) is 25.1 Å². The smallest absolute Gasteiger partial charge is 0.142 e. The second-order valence-corrected chi connectivity index (χ2v) is 5.71. The Hall–Kier alpha value is -1.76. The molecule has 6 heteroatoms. The van der Waals surface area contributed by atoms with Crippen LogP contribution in [0.25, 0.3) is 0 Å². The van der Waals surface area contributed by atoms with Crippen LogP contribution in [0.3, 0.4) is 0 Å². The summed E-state index contributed by atoms with van der Waals surface area (Å²) in [5, 5.41) is 0. The van der Waals surface area contributed by atoms with Crippen molar-refractivity contribution in [3.05, 3.63) is 48.3 Å². The molecule has 0 radical (unpaired) electrons. The molecule has 1 aromatic heterocycles. The third-order valence-corrected chi connectivity index (χ3v) is 4.54. The van der Waals surface area contributed by atoms with Crippen LogP contribution >= 0.6 is 11.8 Å². The number of hydrazine groups is 1. The zero-order valence-electron chi connectivity index (χ0n) is 11.7. The van der Waals surface area contributed by atoms with Crippen molar-refractivity contribution in [2.24, 2.45) is 5.84 Å². The Balaban J connectivity index is 1.88. The van der Waals surface area contributed by atoms with Gasteiger partial charge in [0.2, 0.25) is 0 Å². The number of hydrogen-bond acceptors (Lipinski definition) is 6. The van der Waals surface area contributed by atoms with Crippen molar-refractivity contribution in [1.29, 1.82) is 0 Å². The first-order valence-corrected chi connectivity index (χ1v) is 7.65. The van der Waals surface area contributed by atoms with Crippen molar-refractivity contribution in [3.63, 3.8) is 0 Å². The van der Waals surface area contributed by atoms with E-state index in [1.807, 2.05) is 30.3 Å². The van der Waals surface area contributed by atoms with E-state index in [0.717, 1.165) is 22.1 Å². The number of benzene rings is 1. The SMILES string of the molecule is COc1cccnc1C(NN)C1CSc2ccccc2O1. The molecule has 2 atom stereocenters. The number of nitrogens with two attached hydrogens (primary N) is 1. The van der Waals surface area contributed by atoms with Crippen molar-refractivity contribution in [2.45, 2.75) is 17.0 Å². The zero-order valence-corrected chi connectivity index (χ0v) is 12.5. The number of aromatic nitrogens is 1. The number of methoxy groups -OCH3 is 1. The lowest BCUT2D eigenvalue weighted by Gasteiger charge is -2.31. The van der Waals surface area contributed by atoms with Gasteiger partial charge in [0.05, 0.1) is 7.11 Å². The monoisotopic (exact) mass is 303 g/mol. The number of rotatable bonds is 4. The first kappa shape index (κ1) is 14.2. The Kier molecular flexibility index (Phi) is 4.28. The molecule has 3 rings (SSSR count). The van der Waals surface area contributed by atoms with Crippen LogP contribution in [0.1, 0.15) is 11.7 Å². The molecule has 110 valence electrons. The van der Waals surface area contributed by atoms with Crippen LogP contribution in [0.4, 0.5) is 0 Å². The van der Waals surface area contributed by atoms with Crippen LogP contribution in [0.5, 0.6) is 11.5 Å². The quantitative estimate of drug-likeness (QED) is 0.666. The lowest BCUT2D eigenvalue weighted by Crippen LogP contribution is -2.42. The van der Waals surface area contributed by atoms with Gasteiger partial charge in [-0.25, -0.2) is 5.43 Å². The van der Waals surface area contributed by atoms with E-state index in [-0.39, 0.29) is 12.1 Å². The summed E-state index contributed by atoms with van der Waals surface area (Å²) in [6.45, 7) is 0. The number of para-hydroxylation sites is 1. The molecular weight excluding hydrogens is 286 g/mol. The molecule has 1 aliphatic rings. The maximum atomic E-state index is 6.08. The summed E-state index contributed by atoms with van der Waals surface area (Å²) in [6.07, 6.45) is 1.62. The van der Waals surface area contributed by atoms with Gasteiger partial charge in [0.15, 0.2) is 0 Å². The van der Waals surface area contributed by atoms with Gasteiger partial charge in [-0.2, -0.15) is 0 Å². The van der Waals surface area contributed by atoms with Gasteiger partial charge in [-0.1, -0.05) is 12.1 Å². The predicted octanol–water partition coefficient (Wildman–Crippen LogP) is 2.15. The van der Waals surface area contributed by atoms with Crippen molar-refractivity contribution in [2.75, 3.05) is 12.9 Å². The van der Waals surface area contributed by atoms with Crippen molar-refractivity contribution >= 4 is 11.8 Å². The minimum absolute atomic E-state index is 0.112. The van der Waals surface area contributed by atoms with Crippen molar-refractivity contribution in [1.82, 2.24) is 10.4 Å². The number of nitrogens with zero attached hydrogens (tertiary/aromatic N) is 1. The Labute approximate surface area is 127 Å². The molecule has 5 nitrogen and oxygen atoms in total. The van der Waals surface area contributed by atoms with E-state index < -0.39 is 0 Å². The Bertz CT molecular complexity index is 623. The molecule has 1 aliphatic heterocycles. The summed E-state index contributed by atoms with van der Waals surface area (Å²) in [5.41, 5.74) is 3.57. The molecule has 3 N–H and O–H groups in total. The van der Waals surface area contributed by atoms with Gasteiger partial charge in [-0.15, -0.1) is 11.8 Å². The third kappa shape index (κ3) is 2.83. The summed E-state index contributed by atoms with van der Waals surface area (Å²) in [4.78, 5) is 5.55. The number of ether oxygens (including phenoxy) is 2. The van der Waals surface area contributed by atoms with Crippen molar-refractivity contribution in [3.8, 4) is 11.5 Å². The highest BCUT2D eigenvalue weighted by Crippen LogP contribution is 2.38. The predicted molar refractivity (Wildman–Crippen MR) is 82.4 cm³/mol. The minimum Gasteiger partial charge on any atom is -0.495 e. The minimum atomic E-state index is -0.234. The summed E-state index contributed by atoms with van der Waals surface area (Å²) in [7, 11) is 1.62. The second kappa shape index (κ2) is 6.34. The van der Waals surface area contributed by atoms with E-state index in [4.69, 9.17) is 15.3 Å². The fraction of sp³-hybridized carbons (Fsp3) is 0.267. The standard InChI is InChI=1S/C15H17N3O2S/c1-19-11-6-4-8-17-14(11)15(18-16)12-9-21-13-7-3-2-5-10(13)20-12/h2-8,12,15,18H,9,16H2,1H3. The summed E-state index contributed by atoms with van der Waals surface area (Å²) in [5.74, 6) is 8.13. The first-order valence-electron chi connectivity index (χ1n) is 6.67. The second-order valence-electron chi connectivity index (χ2n) is 4.65. The van der Waals surface area contributed by atoms with Gasteiger partial charge in [-0.3, -0.25) is 10.8 Å². The molecular formula is C15H17N3O2S. The number of thioether (sulfide) groups is 1. The topological polar surface area (TPSA) is 69.4 Å². The number of fused-ring (bicyclic) bond motifs is 1. The number of nitrogens with one attached hydrogen (secondary N) is 1. The number of pyridine rings is 1. The maximum absolute atomic E-state index is 6.08. The molecule has 0 amide bonds. The van der Waals surface area contributed by atoms with Crippen LogP contribution < -0.4 is 20.7 Å². The lowest BCUT2D eigenvalue weighted by atomic mass is 10.1. The summed E-state index contributed by atoms with van der Waals surface area (Å²) < 4.78 is 11.4. The van der Waals surface area contributed by atoms with E-state index in [1.165, 1.54) is 0 Å². The van der Waals surface area contributed by atoms with Crippen LogP contribution in [-0.2, 0) is 0 Å². The average molecular weight is 303 g/mol. The fourth-order valence-electron chi connectivity index (χ4n) is 2.37. The van der Waals surface area contributed by atoms with Crippen LogP contribution in [0.2, 0.25) is 0 Å². The summed E-state index contributed by atoms with van der Waals surface area (Å²) >= 11 is 1.76. The van der Waals surface area contributed by atoms with Gasteiger partial charge in [-0.05, 0) is 24.3 Å². The third-order valence-electron chi connectivity index (χ3n) is 3.40. The molecule has 0 aliphatic carbocycles. The lowest BCUT2D eigenvalue weighted by molar-refractivity contribution is 0.162. The highest BCUT2D eigenvalue weighted by Gasteiger charge is 2.31. The van der Waals surface area contributed by atoms with Gasteiger partial charge in [0, 0.05) is 16.8 Å². The van der Waals surface area contributed by atoms with Gasteiger partial charge in [0.1, 0.15) is 29.3 Å². The highest BCUT2D eigenvalue weighted by atomic mass is 32.2. The Morgan fingerprint density at radius 2 is 2.24 bits per heavy atom. The van der Waals surface area contributed by atoms with E-state index >= 15 is 0 Å². The molecule has 0 saturated heterocycles. The molecule has 2 heterocycles. The van der Waals surface area contributed by atoms with Crippen molar-refractivity contribution < 1.29 is 9.47 Å². The zero-order chi connectivity index (χ0) is 14.7. The Morgan fingerprint density at radius 1 is 1.38 bits per heavy atom. The molecule has 0 fully saturated rings. The van der Waals surface area contributed by atoms with E-state index in [9.17, 15) is 0 Å². The van der Waals surface area contributed by atoms with Crippen LogP contribution in [0, 0.1) is 0 Å². The Morgan fingerprint density at radius 3 is 3.05 bits per heavy atom. The van der Waals surface area contributed by atoms with Crippen LogP contribution in [0.15, 0.2) is 47.5 Å². The van der Waals surface area contributed by atoms with Gasteiger partial charge in [0.25, 0.3) is 0 Å². The van der Waals surface area contributed by atoms with E-state index in [2.05, 4.69) is 16.5 Å². The molecule has 0 saturated carbocycles. The van der Waals surface area contributed by atoms with Gasteiger partial charge < -0.3 is 9.47 Å². The van der Waals surface area contributed by atoms with Crippen LogP contribution in [-0.4, -0.2) is 24.0 Å². The molecule has 0 bridgehead atoms. The fourth-order valence-corrected chi connectivity index (χ4v) is 3.41. The molecule has 21 heavy (non-hydrogen) atoms.